The highest BCUT2D eigenvalue weighted by molar-refractivity contribution is 5.63. The van der Waals surface area contributed by atoms with E-state index < -0.39 is 0 Å². The Balaban J connectivity index is 0.000000179. The molecule has 4 aromatic carbocycles. The first kappa shape index (κ1) is 39.4. The molecule has 9 nitrogen and oxygen atoms in total. The maximum atomic E-state index is 6.16. The lowest BCUT2D eigenvalue weighted by Gasteiger charge is -2.18. The van der Waals surface area contributed by atoms with Gasteiger partial charge in [0.2, 0.25) is 17.7 Å². The van der Waals surface area contributed by atoms with E-state index in [9.17, 15) is 0 Å². The van der Waals surface area contributed by atoms with Crippen LogP contribution in [-0.4, -0.2) is 31.6 Å². The van der Waals surface area contributed by atoms with Gasteiger partial charge in [-0.1, -0.05) is 24.0 Å². The second-order valence-electron chi connectivity index (χ2n) is 13.9. The summed E-state index contributed by atoms with van der Waals surface area (Å²) in [6.07, 6.45) is 20.6. The average molecular weight is 775 g/mol. The summed E-state index contributed by atoms with van der Waals surface area (Å²) in [7, 11) is 1.91. The second kappa shape index (κ2) is 17.9. The van der Waals surface area contributed by atoms with Gasteiger partial charge in [-0.3, -0.25) is 0 Å². The Labute approximate surface area is 345 Å². The number of nitrogens with zero attached hydrogens (tertiary/aromatic N) is 6. The van der Waals surface area contributed by atoms with Crippen LogP contribution in [0.25, 0.3) is 17.0 Å². The smallest absolute Gasteiger partial charge is 0.232 e. The van der Waals surface area contributed by atoms with Crippen LogP contribution in [0.1, 0.15) is 44.8 Å². The lowest BCUT2D eigenvalue weighted by atomic mass is 10.0. The topological polar surface area (TPSA) is 91.3 Å². The average Bonchev–Trinajstić information content (AvgIpc) is 4.01. The van der Waals surface area contributed by atoms with Gasteiger partial charge in [-0.2, -0.15) is 9.97 Å². The minimum atomic E-state index is 0.493. The fourth-order valence-electron chi connectivity index (χ4n) is 6.52. The summed E-state index contributed by atoms with van der Waals surface area (Å²) in [5.41, 5.74) is 9.95. The highest BCUT2D eigenvalue weighted by Crippen LogP contribution is 2.34. The molecule has 0 saturated heterocycles. The third-order valence-electron chi connectivity index (χ3n) is 9.53. The number of hydrogen-bond acceptors (Lipinski definition) is 8. The van der Waals surface area contributed by atoms with Crippen molar-refractivity contribution in [2.75, 3.05) is 11.9 Å². The van der Waals surface area contributed by atoms with Crippen molar-refractivity contribution in [3.05, 3.63) is 185 Å². The maximum Gasteiger partial charge on any atom is 0.232 e. The van der Waals surface area contributed by atoms with E-state index in [1.807, 2.05) is 125 Å². The first-order valence-corrected chi connectivity index (χ1v) is 18.9. The SMILES string of the molecule is C#Cc1ccc(Cc2nccc(Oc3c(C)cc(-c4ccco4)cc3C)n2)cc1.C#Cc1ccc(N(C)c2nccc(Oc3c(C)cc(-n4cccc4)cc3C)n2)cc1. The van der Waals surface area contributed by atoms with Crippen molar-refractivity contribution in [3.8, 4) is 65.0 Å². The largest absolute Gasteiger partial charge is 0.464 e. The van der Waals surface area contributed by atoms with E-state index in [1.165, 1.54) is 0 Å². The molecule has 4 aromatic heterocycles. The van der Waals surface area contributed by atoms with E-state index in [1.54, 1.807) is 30.8 Å². The number of aryl methyl sites for hydroxylation is 4. The standard InChI is InChI=1S/C25H22N4O.C25H20N2O2/c1-5-20-8-10-21(11-9-20)28(4)25-26-13-12-23(27-25)30-24-18(2)16-22(17-19(24)3)29-14-6-7-15-29;1-4-19-7-9-20(10-8-19)16-23-26-12-11-24(27-23)29-25-17(2)14-21(15-18(25)3)22-6-5-13-28-22/h1,6-17H,2-4H3;1,5-15H,16H2,2-3H3. The maximum absolute atomic E-state index is 6.16. The summed E-state index contributed by atoms with van der Waals surface area (Å²) < 4.78 is 19.9. The molecule has 0 spiro atoms. The molecule has 8 aromatic rings. The number of benzene rings is 4. The molecule has 0 aliphatic carbocycles. The van der Waals surface area contributed by atoms with Crippen molar-refractivity contribution < 1.29 is 13.9 Å². The number of ether oxygens (including phenoxy) is 2. The van der Waals surface area contributed by atoms with Crippen LogP contribution in [0.3, 0.4) is 0 Å². The van der Waals surface area contributed by atoms with Crippen LogP contribution >= 0.6 is 0 Å². The minimum Gasteiger partial charge on any atom is -0.464 e. The number of hydrogen-bond donors (Lipinski definition) is 0. The van der Waals surface area contributed by atoms with Crippen molar-refractivity contribution in [2.45, 2.75) is 34.1 Å². The van der Waals surface area contributed by atoms with Crippen LogP contribution < -0.4 is 14.4 Å². The van der Waals surface area contributed by atoms with Gasteiger partial charge in [-0.05, 0) is 140 Å². The normalized spacial score (nSPS) is 10.5. The van der Waals surface area contributed by atoms with Gasteiger partial charge in [-0.15, -0.1) is 12.8 Å². The lowest BCUT2D eigenvalue weighted by Crippen LogP contribution is -2.13. The van der Waals surface area contributed by atoms with Crippen LogP contribution in [0, 0.1) is 52.4 Å². The Morgan fingerprint density at radius 2 is 1.22 bits per heavy atom. The van der Waals surface area contributed by atoms with Crippen LogP contribution in [0.15, 0.2) is 145 Å². The Kier molecular flexibility index (Phi) is 12.0. The second-order valence-corrected chi connectivity index (χ2v) is 13.9. The first-order chi connectivity index (χ1) is 28.7. The molecule has 0 aliphatic heterocycles. The summed E-state index contributed by atoms with van der Waals surface area (Å²) in [5, 5.41) is 0. The van der Waals surface area contributed by atoms with Gasteiger partial charge in [0.15, 0.2) is 0 Å². The third-order valence-corrected chi connectivity index (χ3v) is 9.53. The van der Waals surface area contributed by atoms with E-state index in [-0.39, 0.29) is 0 Å². The number of rotatable bonds is 10. The van der Waals surface area contributed by atoms with E-state index in [2.05, 4.69) is 60.6 Å². The van der Waals surface area contributed by atoms with Gasteiger partial charge >= 0.3 is 0 Å². The molecule has 0 aliphatic rings. The summed E-state index contributed by atoms with van der Waals surface area (Å²) >= 11 is 0. The van der Waals surface area contributed by atoms with Crippen molar-refractivity contribution in [1.82, 2.24) is 24.5 Å². The Bertz CT molecular complexity index is 2720. The van der Waals surface area contributed by atoms with Crippen LogP contribution in [0.2, 0.25) is 0 Å². The summed E-state index contributed by atoms with van der Waals surface area (Å²) in [6, 6.07) is 35.2. The molecule has 0 atom stereocenters. The Morgan fingerprint density at radius 1 is 0.661 bits per heavy atom. The van der Waals surface area contributed by atoms with Gasteiger partial charge in [0, 0.05) is 78.5 Å². The summed E-state index contributed by atoms with van der Waals surface area (Å²) in [4.78, 5) is 19.8. The highest BCUT2D eigenvalue weighted by Gasteiger charge is 2.14. The molecule has 0 radical (unpaired) electrons. The molecule has 290 valence electrons. The highest BCUT2D eigenvalue weighted by atomic mass is 16.5. The van der Waals surface area contributed by atoms with Gasteiger partial charge in [0.05, 0.1) is 6.26 Å². The van der Waals surface area contributed by atoms with Crippen molar-refractivity contribution in [2.24, 2.45) is 0 Å². The molecule has 0 saturated carbocycles. The van der Waals surface area contributed by atoms with Gasteiger partial charge in [0.1, 0.15) is 23.1 Å². The first-order valence-electron chi connectivity index (χ1n) is 18.9. The molecule has 59 heavy (non-hydrogen) atoms. The van der Waals surface area contributed by atoms with Gasteiger partial charge < -0.3 is 23.4 Å². The number of aromatic nitrogens is 5. The molecule has 0 amide bonds. The molecule has 0 fully saturated rings. The van der Waals surface area contributed by atoms with Crippen molar-refractivity contribution >= 4 is 11.6 Å². The lowest BCUT2D eigenvalue weighted by molar-refractivity contribution is 0.452. The molecule has 0 bridgehead atoms. The zero-order chi connectivity index (χ0) is 41.3. The van der Waals surface area contributed by atoms with Crippen LogP contribution in [0.4, 0.5) is 11.6 Å². The fourth-order valence-corrected chi connectivity index (χ4v) is 6.52. The Morgan fingerprint density at radius 3 is 1.80 bits per heavy atom. The van der Waals surface area contributed by atoms with Crippen molar-refractivity contribution in [3.63, 3.8) is 0 Å². The predicted octanol–water partition coefficient (Wildman–Crippen LogP) is 11.1. The number of anilines is 2. The molecule has 9 heteroatoms. The van der Waals surface area contributed by atoms with Gasteiger partial charge in [-0.25, -0.2) is 9.97 Å². The molecule has 4 heterocycles. The van der Waals surface area contributed by atoms with Gasteiger partial charge in [0.25, 0.3) is 0 Å². The number of terminal acetylenes is 2. The van der Waals surface area contributed by atoms with Crippen molar-refractivity contribution in [1.29, 1.82) is 0 Å². The van der Waals surface area contributed by atoms with Crippen LogP contribution in [0.5, 0.6) is 23.3 Å². The minimum absolute atomic E-state index is 0.493. The number of furan rings is 1. The summed E-state index contributed by atoms with van der Waals surface area (Å²) in [6.45, 7) is 8.11. The Hall–Kier alpha value is -7.88. The van der Waals surface area contributed by atoms with Crippen LogP contribution in [-0.2, 0) is 6.42 Å². The molecular formula is C50H42N6O3. The summed E-state index contributed by atoms with van der Waals surface area (Å²) in [5.74, 6) is 9.92. The molecular weight excluding hydrogens is 733 g/mol. The van der Waals surface area contributed by atoms with E-state index >= 15 is 0 Å². The van der Waals surface area contributed by atoms with E-state index in [0.29, 0.717) is 30.0 Å². The predicted molar refractivity (Wildman–Crippen MR) is 233 cm³/mol. The molecule has 0 N–H and O–H groups in total. The molecule has 0 unspecified atom stereocenters. The monoisotopic (exact) mass is 774 g/mol. The zero-order valence-corrected chi connectivity index (χ0v) is 33.5. The molecule has 8 rings (SSSR count). The third kappa shape index (κ3) is 9.57. The quantitative estimate of drug-likeness (QED) is 0.127. The van der Waals surface area contributed by atoms with E-state index in [0.717, 1.165) is 73.1 Å². The fraction of sp³-hybridized carbons (Fsp3) is 0.120. The zero-order valence-electron chi connectivity index (χ0n) is 33.5. The van der Waals surface area contributed by atoms with E-state index in [4.69, 9.17) is 26.7 Å².